The van der Waals surface area contributed by atoms with Crippen LogP contribution in [0.5, 0.6) is 0 Å². The van der Waals surface area contributed by atoms with E-state index in [1.54, 1.807) is 30.8 Å². The molecule has 0 fully saturated rings. The first kappa shape index (κ1) is 11.6. The summed E-state index contributed by atoms with van der Waals surface area (Å²) < 4.78 is 5.12. The highest BCUT2D eigenvalue weighted by Crippen LogP contribution is 2.29. The monoisotopic (exact) mass is 252 g/mol. The van der Waals surface area contributed by atoms with Crippen LogP contribution in [0.25, 0.3) is 10.6 Å². The van der Waals surface area contributed by atoms with Crippen molar-refractivity contribution in [3.63, 3.8) is 0 Å². The van der Waals surface area contributed by atoms with E-state index in [1.165, 1.54) is 0 Å². The molecule has 0 spiro atoms. The molecule has 0 radical (unpaired) electrons. The number of thiazole rings is 1. The summed E-state index contributed by atoms with van der Waals surface area (Å²) in [5, 5.41) is 0.999. The molecule has 0 atom stereocenters. The summed E-state index contributed by atoms with van der Waals surface area (Å²) >= 11 is 5.96. The molecule has 0 saturated heterocycles. The first-order valence-electron chi connectivity index (χ1n) is 4.84. The van der Waals surface area contributed by atoms with Crippen molar-refractivity contribution in [1.82, 2.24) is 9.97 Å². The second-order valence-electron chi connectivity index (χ2n) is 3.22. The van der Waals surface area contributed by atoms with Gasteiger partial charge in [-0.05, 0) is 12.1 Å². The molecule has 3 nitrogen and oxygen atoms in total. The fourth-order valence-corrected chi connectivity index (χ4v) is 2.68. The van der Waals surface area contributed by atoms with Crippen molar-refractivity contribution in [2.75, 3.05) is 7.11 Å². The summed E-state index contributed by atoms with van der Waals surface area (Å²) in [7, 11) is 1.67. The lowest BCUT2D eigenvalue weighted by Gasteiger charge is -1.95. The lowest BCUT2D eigenvalue weighted by Crippen LogP contribution is -1.91. The Morgan fingerprint density at radius 3 is 2.75 bits per heavy atom. The van der Waals surface area contributed by atoms with Crippen molar-refractivity contribution >= 4 is 24.0 Å². The van der Waals surface area contributed by atoms with Gasteiger partial charge >= 0.3 is 0 Å². The lowest BCUT2D eigenvalue weighted by molar-refractivity contribution is 0.181. The van der Waals surface area contributed by atoms with Crippen LogP contribution in [0, 0.1) is 0 Å². The van der Waals surface area contributed by atoms with E-state index in [9.17, 15) is 0 Å². The van der Waals surface area contributed by atoms with Crippen LogP contribution in [-0.4, -0.2) is 17.1 Å². The Labute approximate surface area is 104 Å². The number of rotatable bonds is 4. The van der Waals surface area contributed by atoms with E-state index in [-0.39, 0.29) is 0 Å². The number of pyridine rings is 1. The zero-order valence-corrected chi connectivity index (χ0v) is 10.6. The number of ether oxygens (including phenoxy) is 1. The highest BCUT2D eigenvalue weighted by Gasteiger charge is 2.10. The zero-order valence-electron chi connectivity index (χ0n) is 8.88. The maximum absolute atomic E-state index is 5.12. The summed E-state index contributed by atoms with van der Waals surface area (Å²) in [5.74, 6) is 0.696. The number of hydrogen-bond acceptors (Lipinski definition) is 5. The van der Waals surface area contributed by atoms with Gasteiger partial charge in [-0.25, -0.2) is 4.98 Å². The molecule has 2 aromatic rings. The Kier molecular flexibility index (Phi) is 3.93. The summed E-state index contributed by atoms with van der Waals surface area (Å²) in [6.07, 6.45) is 3.54. The van der Waals surface area contributed by atoms with Crippen LogP contribution in [0.4, 0.5) is 0 Å². The van der Waals surface area contributed by atoms with Gasteiger partial charge in [-0.15, -0.1) is 11.3 Å². The van der Waals surface area contributed by atoms with Crippen LogP contribution in [0.2, 0.25) is 0 Å². The molecule has 5 heteroatoms. The quantitative estimate of drug-likeness (QED) is 0.850. The summed E-state index contributed by atoms with van der Waals surface area (Å²) in [4.78, 5) is 9.72. The molecule has 0 aliphatic carbocycles. The molecule has 0 N–H and O–H groups in total. The van der Waals surface area contributed by atoms with Crippen molar-refractivity contribution in [2.24, 2.45) is 0 Å². The predicted molar refractivity (Wildman–Crippen MR) is 68.7 cm³/mol. The highest BCUT2D eigenvalue weighted by molar-refractivity contribution is 7.79. The third-order valence-corrected chi connectivity index (χ3v) is 3.81. The van der Waals surface area contributed by atoms with Crippen molar-refractivity contribution < 1.29 is 4.74 Å². The summed E-state index contributed by atoms with van der Waals surface area (Å²) in [6.45, 7) is 0.539. The van der Waals surface area contributed by atoms with Gasteiger partial charge in [-0.1, -0.05) is 0 Å². The molecule has 0 aliphatic rings. The molecular weight excluding hydrogens is 240 g/mol. The van der Waals surface area contributed by atoms with Gasteiger partial charge in [0.25, 0.3) is 0 Å². The second-order valence-corrected chi connectivity index (χ2v) is 4.62. The van der Waals surface area contributed by atoms with Gasteiger partial charge in [0.05, 0.1) is 12.3 Å². The van der Waals surface area contributed by atoms with Gasteiger partial charge in [-0.3, -0.25) is 4.98 Å². The fraction of sp³-hybridized carbons (Fsp3) is 0.273. The summed E-state index contributed by atoms with van der Waals surface area (Å²) in [5.41, 5.74) is 2.07. The average molecular weight is 252 g/mol. The third-order valence-electron chi connectivity index (χ3n) is 2.13. The second kappa shape index (κ2) is 5.43. The Morgan fingerprint density at radius 1 is 1.38 bits per heavy atom. The number of hydrogen-bond donors (Lipinski definition) is 1. The normalized spacial score (nSPS) is 10.6. The van der Waals surface area contributed by atoms with E-state index in [1.807, 2.05) is 12.1 Å². The minimum atomic E-state index is 0.539. The SMILES string of the molecule is COCc1nc(-c2ccncc2)sc1CS. The maximum Gasteiger partial charge on any atom is 0.124 e. The Balaban J connectivity index is 2.36. The number of thiol groups is 1. The third kappa shape index (κ3) is 2.42. The number of nitrogens with zero attached hydrogens (tertiary/aromatic N) is 2. The molecular formula is C11H12N2OS2. The molecule has 2 rings (SSSR count). The minimum absolute atomic E-state index is 0.539. The fourth-order valence-electron chi connectivity index (χ4n) is 1.37. The van der Waals surface area contributed by atoms with Crippen LogP contribution >= 0.6 is 24.0 Å². The Morgan fingerprint density at radius 2 is 2.12 bits per heavy atom. The number of methoxy groups -OCH3 is 1. The molecule has 0 saturated carbocycles. The van der Waals surface area contributed by atoms with Gasteiger partial charge < -0.3 is 4.74 Å². The smallest absolute Gasteiger partial charge is 0.124 e. The lowest BCUT2D eigenvalue weighted by atomic mass is 10.3. The molecule has 0 aliphatic heterocycles. The van der Waals surface area contributed by atoms with Crippen LogP contribution in [0.3, 0.4) is 0 Å². The van der Waals surface area contributed by atoms with E-state index in [4.69, 9.17) is 4.74 Å². The van der Waals surface area contributed by atoms with Gasteiger partial charge in [0, 0.05) is 35.7 Å². The molecule has 2 heterocycles. The minimum Gasteiger partial charge on any atom is -0.378 e. The molecule has 84 valence electrons. The van der Waals surface area contributed by atoms with Crippen molar-refractivity contribution in [1.29, 1.82) is 0 Å². The van der Waals surface area contributed by atoms with E-state index < -0.39 is 0 Å². The Hall–Kier alpha value is -0.910. The van der Waals surface area contributed by atoms with Crippen LogP contribution < -0.4 is 0 Å². The molecule has 16 heavy (non-hydrogen) atoms. The van der Waals surface area contributed by atoms with E-state index in [0.717, 1.165) is 21.1 Å². The Bertz CT molecular complexity index is 456. The van der Waals surface area contributed by atoms with E-state index in [0.29, 0.717) is 12.4 Å². The largest absolute Gasteiger partial charge is 0.378 e. The first-order chi connectivity index (χ1) is 7.85. The highest BCUT2D eigenvalue weighted by atomic mass is 32.1. The average Bonchev–Trinajstić information content (AvgIpc) is 2.74. The van der Waals surface area contributed by atoms with Crippen molar-refractivity contribution in [2.45, 2.75) is 12.4 Å². The van der Waals surface area contributed by atoms with Gasteiger partial charge in [-0.2, -0.15) is 12.6 Å². The topological polar surface area (TPSA) is 35.0 Å². The van der Waals surface area contributed by atoms with E-state index >= 15 is 0 Å². The van der Waals surface area contributed by atoms with Crippen molar-refractivity contribution in [3.05, 3.63) is 35.1 Å². The molecule has 2 aromatic heterocycles. The van der Waals surface area contributed by atoms with E-state index in [2.05, 4.69) is 22.6 Å². The molecule has 0 unspecified atom stereocenters. The standard InChI is InChI=1S/C11H12N2OS2/c1-14-6-9-10(7-15)16-11(13-9)8-2-4-12-5-3-8/h2-5,15H,6-7H2,1H3. The van der Waals surface area contributed by atoms with Gasteiger partial charge in [0.2, 0.25) is 0 Å². The summed E-state index contributed by atoms with van der Waals surface area (Å²) in [6, 6.07) is 3.91. The molecule has 0 aromatic carbocycles. The zero-order chi connectivity index (χ0) is 11.4. The van der Waals surface area contributed by atoms with Gasteiger partial charge in [0.15, 0.2) is 0 Å². The van der Waals surface area contributed by atoms with Crippen LogP contribution in [-0.2, 0) is 17.1 Å². The first-order valence-corrected chi connectivity index (χ1v) is 6.29. The predicted octanol–water partition coefficient (Wildman–Crippen LogP) is 2.78. The van der Waals surface area contributed by atoms with Crippen LogP contribution in [0.1, 0.15) is 10.6 Å². The molecule has 0 amide bonds. The number of aromatic nitrogens is 2. The van der Waals surface area contributed by atoms with Crippen LogP contribution in [0.15, 0.2) is 24.5 Å². The maximum atomic E-state index is 5.12. The van der Waals surface area contributed by atoms with Gasteiger partial charge in [0.1, 0.15) is 5.01 Å². The van der Waals surface area contributed by atoms with Crippen molar-refractivity contribution in [3.8, 4) is 10.6 Å². The molecule has 0 bridgehead atoms.